The Kier molecular flexibility index (Phi) is 14.6. The average Bonchev–Trinajstić information content (AvgIpc) is 2.72. The van der Waals surface area contributed by atoms with E-state index in [0.29, 0.717) is 0 Å². The van der Waals surface area contributed by atoms with E-state index >= 15 is 0 Å². The fraction of sp³-hybridized carbons (Fsp3) is 0.655. The monoisotopic (exact) mass is 396 g/mol. The largest absolute Gasteiger partial charge is 0.0915 e. The molecule has 0 heterocycles. The van der Waals surface area contributed by atoms with Crippen LogP contribution in [0.2, 0.25) is 0 Å². The summed E-state index contributed by atoms with van der Waals surface area (Å²) in [6, 6.07) is 2.23. The van der Waals surface area contributed by atoms with Crippen molar-refractivity contribution in [1.82, 2.24) is 0 Å². The highest BCUT2D eigenvalue weighted by atomic mass is 14.1. The minimum absolute atomic E-state index is 1.06. The Morgan fingerprint density at radius 1 is 0.724 bits per heavy atom. The predicted molar refractivity (Wildman–Crippen MR) is 134 cm³/mol. The SMILES string of the molecule is C=c1cc(CC)c(=C)c(CCCCCCCCC/C=C/CCCCCCC)c1C. The molecule has 0 aliphatic rings. The number of allylic oxidation sites excluding steroid dienone is 2. The number of aryl methyl sites for hydroxylation is 1. The number of hydrogen-bond acceptors (Lipinski definition) is 0. The first kappa shape index (κ1) is 25.7. The summed E-state index contributed by atoms with van der Waals surface area (Å²) in [7, 11) is 0. The zero-order valence-corrected chi connectivity index (χ0v) is 20.0. The van der Waals surface area contributed by atoms with Gasteiger partial charge in [0.05, 0.1) is 0 Å². The van der Waals surface area contributed by atoms with E-state index in [1.165, 1.54) is 123 Å². The van der Waals surface area contributed by atoms with Crippen LogP contribution in [0.1, 0.15) is 120 Å². The van der Waals surface area contributed by atoms with Crippen molar-refractivity contribution in [3.8, 4) is 0 Å². The molecule has 0 radical (unpaired) electrons. The molecule has 0 amide bonds. The van der Waals surface area contributed by atoms with Gasteiger partial charge in [0, 0.05) is 0 Å². The Bertz CT molecular complexity index is 664. The molecule has 0 aliphatic heterocycles. The highest BCUT2D eigenvalue weighted by Gasteiger charge is 2.04. The Hall–Kier alpha value is -1.30. The first-order chi connectivity index (χ1) is 14.1. The summed E-state index contributed by atoms with van der Waals surface area (Å²) in [6.45, 7) is 15.3. The average molecular weight is 397 g/mol. The summed E-state index contributed by atoms with van der Waals surface area (Å²) in [4.78, 5) is 0. The second-order valence-electron chi connectivity index (χ2n) is 8.82. The van der Waals surface area contributed by atoms with Crippen LogP contribution in [-0.2, 0) is 12.8 Å². The lowest BCUT2D eigenvalue weighted by Gasteiger charge is -2.11. The second kappa shape index (κ2) is 16.5. The molecule has 0 atom stereocenters. The van der Waals surface area contributed by atoms with Gasteiger partial charge in [-0.15, -0.1) is 0 Å². The summed E-state index contributed by atoms with van der Waals surface area (Å²) >= 11 is 0. The lowest BCUT2D eigenvalue weighted by molar-refractivity contribution is 0.580. The summed E-state index contributed by atoms with van der Waals surface area (Å²) in [5, 5.41) is 2.46. The van der Waals surface area contributed by atoms with Crippen LogP contribution in [0.5, 0.6) is 0 Å². The van der Waals surface area contributed by atoms with Crippen LogP contribution < -0.4 is 10.4 Å². The van der Waals surface area contributed by atoms with Gasteiger partial charge in [-0.1, -0.05) is 103 Å². The molecule has 0 bridgehead atoms. The van der Waals surface area contributed by atoms with E-state index < -0.39 is 0 Å². The molecule has 0 unspecified atom stereocenters. The maximum absolute atomic E-state index is 4.35. The third-order valence-corrected chi connectivity index (χ3v) is 6.35. The van der Waals surface area contributed by atoms with Gasteiger partial charge in [0.15, 0.2) is 0 Å². The highest BCUT2D eigenvalue weighted by molar-refractivity contribution is 5.37. The third kappa shape index (κ3) is 10.9. The molecule has 0 aliphatic carbocycles. The zero-order chi connectivity index (χ0) is 21.3. The number of unbranched alkanes of at least 4 members (excludes halogenated alkanes) is 12. The van der Waals surface area contributed by atoms with Gasteiger partial charge in [-0.3, -0.25) is 0 Å². The van der Waals surface area contributed by atoms with E-state index in [4.69, 9.17) is 0 Å². The summed E-state index contributed by atoms with van der Waals surface area (Å²) < 4.78 is 0. The van der Waals surface area contributed by atoms with Crippen LogP contribution in [0.3, 0.4) is 0 Å². The van der Waals surface area contributed by atoms with Gasteiger partial charge in [-0.25, -0.2) is 0 Å². The Morgan fingerprint density at radius 2 is 1.24 bits per heavy atom. The minimum atomic E-state index is 1.06. The molecule has 0 N–H and O–H groups in total. The van der Waals surface area contributed by atoms with Crippen molar-refractivity contribution in [3.05, 3.63) is 45.3 Å². The van der Waals surface area contributed by atoms with E-state index in [-0.39, 0.29) is 0 Å². The van der Waals surface area contributed by atoms with Gasteiger partial charge in [-0.05, 0) is 79.0 Å². The second-order valence-corrected chi connectivity index (χ2v) is 8.82. The normalized spacial score (nSPS) is 11.6. The van der Waals surface area contributed by atoms with E-state index in [1.807, 2.05) is 0 Å². The van der Waals surface area contributed by atoms with Crippen LogP contribution in [-0.4, -0.2) is 0 Å². The van der Waals surface area contributed by atoms with Gasteiger partial charge in [-0.2, -0.15) is 0 Å². The molecular weight excluding hydrogens is 348 g/mol. The van der Waals surface area contributed by atoms with E-state index in [2.05, 4.69) is 52.1 Å². The molecule has 1 aromatic rings. The van der Waals surface area contributed by atoms with E-state index in [9.17, 15) is 0 Å². The first-order valence-corrected chi connectivity index (χ1v) is 12.6. The van der Waals surface area contributed by atoms with Gasteiger partial charge in [0.25, 0.3) is 0 Å². The minimum Gasteiger partial charge on any atom is -0.0915 e. The quantitative estimate of drug-likeness (QED) is 0.185. The fourth-order valence-electron chi connectivity index (χ4n) is 4.22. The number of hydrogen-bond donors (Lipinski definition) is 0. The van der Waals surface area contributed by atoms with Crippen molar-refractivity contribution in [2.24, 2.45) is 0 Å². The molecule has 0 fully saturated rings. The topological polar surface area (TPSA) is 0 Å². The maximum Gasteiger partial charge on any atom is -0.0261 e. The van der Waals surface area contributed by atoms with Crippen LogP contribution in [0.15, 0.2) is 18.2 Å². The molecule has 0 heteroatoms. The van der Waals surface area contributed by atoms with Crippen molar-refractivity contribution in [1.29, 1.82) is 0 Å². The lowest BCUT2D eigenvalue weighted by atomic mass is 9.94. The molecule has 1 aromatic carbocycles. The maximum atomic E-state index is 4.35. The third-order valence-electron chi connectivity index (χ3n) is 6.35. The van der Waals surface area contributed by atoms with Crippen LogP contribution in [0.4, 0.5) is 0 Å². The predicted octanol–water partition coefficient (Wildman–Crippen LogP) is 7.96. The van der Waals surface area contributed by atoms with Gasteiger partial charge < -0.3 is 0 Å². The molecule has 164 valence electrons. The Balaban J connectivity index is 2.04. The van der Waals surface area contributed by atoms with Crippen molar-refractivity contribution in [3.63, 3.8) is 0 Å². The molecule has 29 heavy (non-hydrogen) atoms. The zero-order valence-electron chi connectivity index (χ0n) is 20.0. The van der Waals surface area contributed by atoms with Crippen LogP contribution >= 0.6 is 0 Å². The molecule has 0 spiro atoms. The molecule has 1 rings (SSSR count). The van der Waals surface area contributed by atoms with E-state index in [0.717, 1.165) is 6.42 Å². The molecular formula is C29H48. The highest BCUT2D eigenvalue weighted by Crippen LogP contribution is 2.12. The molecule has 0 aromatic heterocycles. The van der Waals surface area contributed by atoms with Gasteiger partial charge in [0.1, 0.15) is 0 Å². The molecule has 0 nitrogen and oxygen atoms in total. The molecule has 0 saturated heterocycles. The Morgan fingerprint density at radius 3 is 1.79 bits per heavy atom. The number of benzene rings is 1. The first-order valence-electron chi connectivity index (χ1n) is 12.6. The van der Waals surface area contributed by atoms with Crippen molar-refractivity contribution in [2.45, 2.75) is 124 Å². The van der Waals surface area contributed by atoms with Crippen molar-refractivity contribution >= 4 is 13.2 Å². The lowest BCUT2D eigenvalue weighted by Crippen LogP contribution is -2.22. The molecule has 0 saturated carbocycles. The fourth-order valence-corrected chi connectivity index (χ4v) is 4.22. The smallest absolute Gasteiger partial charge is 0.0261 e. The van der Waals surface area contributed by atoms with Crippen LogP contribution in [0.25, 0.3) is 13.2 Å². The summed E-state index contributed by atoms with van der Waals surface area (Å²) in [5.74, 6) is 0. The Labute approximate surface area is 182 Å². The van der Waals surface area contributed by atoms with Gasteiger partial charge >= 0.3 is 0 Å². The van der Waals surface area contributed by atoms with Crippen LogP contribution in [0, 0.1) is 6.92 Å². The number of rotatable bonds is 17. The van der Waals surface area contributed by atoms with Crippen molar-refractivity contribution < 1.29 is 0 Å². The summed E-state index contributed by atoms with van der Waals surface area (Å²) in [6.07, 6.45) is 26.2. The standard InChI is InChI=1S/C29H48/c1-6-8-9-10-11-12-13-14-15-16-17-18-19-20-21-22-23-29-26(4)25(3)24-28(7-2)27(29)5/h13-14,24H,3,5-12,15-23H2,1-2,4H3/b14-13+. The summed E-state index contributed by atoms with van der Waals surface area (Å²) in [5.41, 5.74) is 4.20. The van der Waals surface area contributed by atoms with Gasteiger partial charge in [0.2, 0.25) is 0 Å². The van der Waals surface area contributed by atoms with Crippen molar-refractivity contribution in [2.75, 3.05) is 0 Å². The van der Waals surface area contributed by atoms with E-state index in [1.54, 1.807) is 0 Å².